The number of hydrogen-bond acceptors (Lipinski definition) is 4. The van der Waals surface area contributed by atoms with Crippen LogP contribution in [0.3, 0.4) is 0 Å². The molecule has 1 aliphatic heterocycles. The monoisotopic (exact) mass is 269 g/mol. The zero-order chi connectivity index (χ0) is 13.3. The largest absolute Gasteiger partial charge is 0.481 e. The summed E-state index contributed by atoms with van der Waals surface area (Å²) >= 11 is 0. The van der Waals surface area contributed by atoms with Crippen LogP contribution in [-0.2, 0) is 19.4 Å². The van der Waals surface area contributed by atoms with Crippen molar-refractivity contribution in [2.45, 2.75) is 23.0 Å². The minimum absolute atomic E-state index is 0.0417. The molecule has 1 amide bonds. The van der Waals surface area contributed by atoms with Gasteiger partial charge in [0.05, 0.1) is 10.6 Å². The molecule has 0 saturated carbocycles. The second kappa shape index (κ2) is 4.41. The Labute approximate surface area is 104 Å². The van der Waals surface area contributed by atoms with Crippen molar-refractivity contribution >= 4 is 27.4 Å². The second-order valence-electron chi connectivity index (χ2n) is 3.95. The van der Waals surface area contributed by atoms with E-state index in [1.807, 2.05) is 0 Å². The number of anilines is 1. The second-order valence-corrected chi connectivity index (χ2v) is 6.05. The SMILES string of the molecule is O=C(O)CCC1C(=O)Nc2ccccc2S1(=O)=O. The fourth-order valence-corrected chi connectivity index (χ4v) is 3.64. The van der Waals surface area contributed by atoms with Crippen LogP contribution in [0.15, 0.2) is 29.2 Å². The summed E-state index contributed by atoms with van der Waals surface area (Å²) in [6.07, 6.45) is -0.586. The molecule has 1 aliphatic rings. The summed E-state index contributed by atoms with van der Waals surface area (Å²) < 4.78 is 24.3. The highest BCUT2D eigenvalue weighted by molar-refractivity contribution is 7.93. The molecule has 0 saturated heterocycles. The van der Waals surface area contributed by atoms with Crippen molar-refractivity contribution in [3.63, 3.8) is 0 Å². The number of carboxylic acid groups (broad SMARTS) is 1. The molecule has 0 aromatic heterocycles. The van der Waals surface area contributed by atoms with Crippen molar-refractivity contribution in [2.24, 2.45) is 0 Å². The first-order valence-corrected chi connectivity index (χ1v) is 6.83. The van der Waals surface area contributed by atoms with E-state index >= 15 is 0 Å². The fraction of sp³-hybridized carbons (Fsp3) is 0.273. The highest BCUT2D eigenvalue weighted by Gasteiger charge is 2.39. The molecule has 1 heterocycles. The minimum atomic E-state index is -3.80. The molecule has 1 atom stereocenters. The van der Waals surface area contributed by atoms with Crippen molar-refractivity contribution in [2.75, 3.05) is 5.32 Å². The predicted molar refractivity (Wildman–Crippen MR) is 62.9 cm³/mol. The Balaban J connectivity index is 2.40. The third-order valence-electron chi connectivity index (χ3n) is 2.74. The van der Waals surface area contributed by atoms with Crippen molar-refractivity contribution in [1.29, 1.82) is 0 Å². The van der Waals surface area contributed by atoms with Crippen molar-refractivity contribution in [3.8, 4) is 0 Å². The van der Waals surface area contributed by atoms with Crippen LogP contribution in [0, 0.1) is 0 Å². The maximum atomic E-state index is 12.2. The summed E-state index contributed by atoms with van der Waals surface area (Å²) in [6, 6.07) is 6.07. The van der Waals surface area contributed by atoms with Crippen LogP contribution >= 0.6 is 0 Å². The zero-order valence-electron chi connectivity index (χ0n) is 9.29. The highest BCUT2D eigenvalue weighted by atomic mass is 32.2. The van der Waals surface area contributed by atoms with Gasteiger partial charge in [-0.25, -0.2) is 8.42 Å². The number of hydrogen-bond donors (Lipinski definition) is 2. The summed E-state index contributed by atoms with van der Waals surface area (Å²) in [5, 5.41) is 9.72. The van der Waals surface area contributed by atoms with Crippen LogP contribution in [-0.4, -0.2) is 30.7 Å². The first kappa shape index (κ1) is 12.6. The Morgan fingerprint density at radius 3 is 2.67 bits per heavy atom. The number of amides is 1. The molecule has 7 heteroatoms. The number of para-hydroxylation sites is 1. The lowest BCUT2D eigenvalue weighted by Gasteiger charge is -2.24. The van der Waals surface area contributed by atoms with Gasteiger partial charge in [-0.2, -0.15) is 0 Å². The zero-order valence-corrected chi connectivity index (χ0v) is 10.1. The van der Waals surface area contributed by atoms with Crippen molar-refractivity contribution in [1.82, 2.24) is 0 Å². The topological polar surface area (TPSA) is 101 Å². The van der Waals surface area contributed by atoms with E-state index in [2.05, 4.69) is 5.32 Å². The Morgan fingerprint density at radius 2 is 2.00 bits per heavy atom. The molecule has 2 N–H and O–H groups in total. The van der Waals surface area contributed by atoms with Gasteiger partial charge in [-0.3, -0.25) is 9.59 Å². The van der Waals surface area contributed by atoms with Gasteiger partial charge >= 0.3 is 5.97 Å². The van der Waals surface area contributed by atoms with Crippen molar-refractivity contribution in [3.05, 3.63) is 24.3 Å². The highest BCUT2D eigenvalue weighted by Crippen LogP contribution is 2.31. The van der Waals surface area contributed by atoms with E-state index in [1.54, 1.807) is 12.1 Å². The summed E-state index contributed by atoms with van der Waals surface area (Å²) in [4.78, 5) is 22.2. The van der Waals surface area contributed by atoms with Crippen LogP contribution in [0.4, 0.5) is 5.69 Å². The number of rotatable bonds is 3. The lowest BCUT2D eigenvalue weighted by Crippen LogP contribution is -2.40. The van der Waals surface area contributed by atoms with Gasteiger partial charge < -0.3 is 10.4 Å². The molecule has 1 aromatic rings. The summed E-state index contributed by atoms with van der Waals surface area (Å²) in [5.41, 5.74) is 0.245. The summed E-state index contributed by atoms with van der Waals surface area (Å²) in [5.74, 6) is -1.80. The molecule has 0 fully saturated rings. The quantitative estimate of drug-likeness (QED) is 0.838. The molecule has 0 aliphatic carbocycles. The molecule has 2 rings (SSSR count). The van der Waals surface area contributed by atoms with Gasteiger partial charge in [-0.15, -0.1) is 0 Å². The normalized spacial score (nSPS) is 20.9. The fourth-order valence-electron chi connectivity index (χ4n) is 1.87. The van der Waals surface area contributed by atoms with E-state index in [1.165, 1.54) is 12.1 Å². The first-order chi connectivity index (χ1) is 8.43. The molecule has 0 spiro atoms. The maximum absolute atomic E-state index is 12.2. The molecular formula is C11H11NO5S. The van der Waals surface area contributed by atoms with Gasteiger partial charge in [0, 0.05) is 6.42 Å². The Bertz CT molecular complexity index is 608. The minimum Gasteiger partial charge on any atom is -0.481 e. The average Bonchev–Trinajstić information content (AvgIpc) is 2.27. The number of carbonyl (C=O) groups excluding carboxylic acids is 1. The Kier molecular flexibility index (Phi) is 3.08. The number of nitrogens with one attached hydrogen (secondary N) is 1. The van der Waals surface area contributed by atoms with Crippen LogP contribution in [0.1, 0.15) is 12.8 Å². The summed E-state index contributed by atoms with van der Waals surface area (Å²) in [6.45, 7) is 0. The third kappa shape index (κ3) is 2.08. The summed E-state index contributed by atoms with van der Waals surface area (Å²) in [7, 11) is -3.80. The van der Waals surface area contributed by atoms with Gasteiger partial charge in [-0.1, -0.05) is 12.1 Å². The Hall–Kier alpha value is -1.89. The molecule has 96 valence electrons. The van der Waals surface area contributed by atoms with E-state index in [9.17, 15) is 18.0 Å². The number of fused-ring (bicyclic) bond motifs is 1. The number of sulfone groups is 1. The van der Waals surface area contributed by atoms with Crippen LogP contribution in [0.5, 0.6) is 0 Å². The number of carbonyl (C=O) groups is 2. The molecule has 0 radical (unpaired) electrons. The van der Waals surface area contributed by atoms with Crippen molar-refractivity contribution < 1.29 is 23.1 Å². The molecule has 0 bridgehead atoms. The lowest BCUT2D eigenvalue weighted by atomic mass is 10.2. The maximum Gasteiger partial charge on any atom is 0.303 e. The third-order valence-corrected chi connectivity index (χ3v) is 4.91. The van der Waals surface area contributed by atoms with E-state index in [4.69, 9.17) is 5.11 Å². The van der Waals surface area contributed by atoms with Gasteiger partial charge in [0.1, 0.15) is 5.25 Å². The number of aliphatic carboxylic acids is 1. The molecule has 1 unspecified atom stereocenters. The predicted octanol–water partition coefficient (Wildman–Crippen LogP) is 0.646. The molecular weight excluding hydrogens is 258 g/mol. The lowest BCUT2D eigenvalue weighted by molar-refractivity contribution is -0.137. The van der Waals surface area contributed by atoms with E-state index in [0.717, 1.165) is 0 Å². The van der Waals surface area contributed by atoms with Gasteiger partial charge in [-0.05, 0) is 18.6 Å². The Morgan fingerprint density at radius 1 is 1.33 bits per heavy atom. The number of benzene rings is 1. The van der Waals surface area contributed by atoms with Gasteiger partial charge in [0.2, 0.25) is 5.91 Å². The van der Waals surface area contributed by atoms with E-state index < -0.39 is 27.0 Å². The standard InChI is InChI=1S/C11H11NO5S/c13-10(14)6-5-9-11(15)12-7-3-1-2-4-8(7)18(9,16)17/h1-4,9H,5-6H2,(H,12,15)(H,13,14). The van der Waals surface area contributed by atoms with Crippen LogP contribution in [0.2, 0.25) is 0 Å². The molecule has 1 aromatic carbocycles. The molecule has 6 nitrogen and oxygen atoms in total. The average molecular weight is 269 g/mol. The van der Waals surface area contributed by atoms with Gasteiger partial charge in [0.25, 0.3) is 0 Å². The van der Waals surface area contributed by atoms with Crippen LogP contribution in [0.25, 0.3) is 0 Å². The smallest absolute Gasteiger partial charge is 0.303 e. The number of carboxylic acids is 1. The molecule has 18 heavy (non-hydrogen) atoms. The van der Waals surface area contributed by atoms with Gasteiger partial charge in [0.15, 0.2) is 9.84 Å². The van der Waals surface area contributed by atoms with Crippen LogP contribution < -0.4 is 5.32 Å². The first-order valence-electron chi connectivity index (χ1n) is 5.28. The van der Waals surface area contributed by atoms with E-state index in [-0.39, 0.29) is 23.4 Å². The van der Waals surface area contributed by atoms with E-state index in [0.29, 0.717) is 0 Å².